The fourth-order valence-corrected chi connectivity index (χ4v) is 2.44. The lowest BCUT2D eigenvalue weighted by molar-refractivity contribution is -0.384. The average molecular weight is 305 g/mol. The van der Waals surface area contributed by atoms with Crippen LogP contribution in [0.5, 0.6) is 0 Å². The summed E-state index contributed by atoms with van der Waals surface area (Å²) in [6, 6.07) is 8.07. The van der Waals surface area contributed by atoms with Gasteiger partial charge >= 0.3 is 0 Å². The van der Waals surface area contributed by atoms with Crippen LogP contribution < -0.4 is 5.73 Å². The molecule has 1 aromatic heterocycles. The molecule has 0 unspecified atom stereocenters. The van der Waals surface area contributed by atoms with Crippen LogP contribution in [0.15, 0.2) is 35.7 Å². The Labute approximate surface area is 119 Å². The summed E-state index contributed by atoms with van der Waals surface area (Å²) in [6.45, 7) is 0. The summed E-state index contributed by atoms with van der Waals surface area (Å²) in [7, 11) is 0. The maximum atomic E-state index is 10.8. The minimum atomic E-state index is -0.507. The summed E-state index contributed by atoms with van der Waals surface area (Å²) < 4.78 is 0. The van der Waals surface area contributed by atoms with Crippen molar-refractivity contribution < 1.29 is 4.92 Å². The van der Waals surface area contributed by atoms with E-state index in [1.165, 1.54) is 23.5 Å². The van der Waals surface area contributed by atoms with Gasteiger partial charge in [-0.25, -0.2) is 0 Å². The normalized spacial score (nSPS) is 11.7. The smallest absolute Gasteiger partial charge is 0.288 e. The lowest BCUT2D eigenvalue weighted by atomic mass is 10.1. The van der Waals surface area contributed by atoms with Gasteiger partial charge in [-0.2, -0.15) is 0 Å². The second-order valence-corrected chi connectivity index (χ2v) is 4.85. The quantitative estimate of drug-likeness (QED) is 0.693. The number of nitrogens with two attached hydrogens (primary N) is 1. The van der Waals surface area contributed by atoms with E-state index in [0.29, 0.717) is 5.56 Å². The summed E-state index contributed by atoms with van der Waals surface area (Å²) in [6.07, 6.45) is 0. The highest BCUT2D eigenvalue weighted by Crippen LogP contribution is 2.30. The van der Waals surface area contributed by atoms with Crippen LogP contribution in [0.3, 0.4) is 0 Å². The molecule has 2 N–H and O–H groups in total. The molecule has 0 amide bonds. The molecular weight excluding hydrogens is 295 g/mol. The molecule has 0 aliphatic carbocycles. The zero-order valence-corrected chi connectivity index (χ0v) is 11.5. The SMILES string of the molecule is Cl.N[C@H](c1ccc(Cl)c([N+](=O)[O-])c1)c1cccs1. The van der Waals surface area contributed by atoms with Crippen molar-refractivity contribution in [1.29, 1.82) is 0 Å². The zero-order valence-electron chi connectivity index (χ0n) is 9.08. The lowest BCUT2D eigenvalue weighted by Gasteiger charge is -2.09. The Morgan fingerprint density at radius 1 is 1.39 bits per heavy atom. The van der Waals surface area contributed by atoms with Gasteiger partial charge in [-0.15, -0.1) is 23.7 Å². The molecule has 2 aromatic rings. The number of nitro groups is 1. The molecule has 0 spiro atoms. The fraction of sp³-hybridized carbons (Fsp3) is 0.0909. The molecule has 1 heterocycles. The van der Waals surface area contributed by atoms with Gasteiger partial charge in [0.05, 0.1) is 11.0 Å². The number of nitro benzene ring substituents is 1. The van der Waals surface area contributed by atoms with Gasteiger partial charge in [0.1, 0.15) is 5.02 Å². The number of hydrogen-bond donors (Lipinski definition) is 1. The molecule has 0 radical (unpaired) electrons. The summed E-state index contributed by atoms with van der Waals surface area (Å²) in [5, 5.41) is 12.8. The van der Waals surface area contributed by atoms with Gasteiger partial charge in [-0.3, -0.25) is 10.1 Å². The number of rotatable bonds is 3. The first-order valence-corrected chi connectivity index (χ1v) is 6.08. The minimum Gasteiger partial charge on any atom is -0.320 e. The molecule has 0 fully saturated rings. The highest BCUT2D eigenvalue weighted by molar-refractivity contribution is 7.10. The molecule has 0 aliphatic rings. The lowest BCUT2D eigenvalue weighted by Crippen LogP contribution is -2.10. The van der Waals surface area contributed by atoms with Gasteiger partial charge in [-0.05, 0) is 23.1 Å². The summed E-state index contributed by atoms with van der Waals surface area (Å²) >= 11 is 7.26. The van der Waals surface area contributed by atoms with Crippen molar-refractivity contribution in [1.82, 2.24) is 0 Å². The van der Waals surface area contributed by atoms with Crippen LogP contribution in [0, 0.1) is 10.1 Å². The Hall–Kier alpha value is -1.14. The maximum absolute atomic E-state index is 10.8. The number of nitrogens with zero attached hydrogens (tertiary/aromatic N) is 1. The van der Waals surface area contributed by atoms with Gasteiger partial charge in [0.15, 0.2) is 0 Å². The summed E-state index contributed by atoms with van der Waals surface area (Å²) in [4.78, 5) is 11.2. The minimum absolute atomic E-state index is 0. The van der Waals surface area contributed by atoms with Crippen molar-refractivity contribution in [3.05, 3.63) is 61.3 Å². The third-order valence-corrected chi connectivity index (χ3v) is 3.65. The third kappa shape index (κ3) is 3.00. The third-order valence-electron chi connectivity index (χ3n) is 2.38. The molecule has 2 rings (SSSR count). The molecular formula is C11H10Cl2N2O2S. The summed E-state index contributed by atoms with van der Waals surface area (Å²) in [5.74, 6) is 0. The number of benzene rings is 1. The molecule has 0 saturated carbocycles. The van der Waals surface area contributed by atoms with E-state index < -0.39 is 4.92 Å². The van der Waals surface area contributed by atoms with Gasteiger partial charge in [0.25, 0.3) is 5.69 Å². The topological polar surface area (TPSA) is 69.2 Å². The number of hydrogen-bond acceptors (Lipinski definition) is 4. The molecule has 0 bridgehead atoms. The molecule has 0 aliphatic heterocycles. The van der Waals surface area contributed by atoms with E-state index in [2.05, 4.69) is 0 Å². The van der Waals surface area contributed by atoms with Crippen molar-refractivity contribution in [2.75, 3.05) is 0 Å². The van der Waals surface area contributed by atoms with Crippen LogP contribution in [0.2, 0.25) is 5.02 Å². The van der Waals surface area contributed by atoms with E-state index in [1.54, 1.807) is 6.07 Å². The van der Waals surface area contributed by atoms with Gasteiger partial charge in [-0.1, -0.05) is 23.7 Å². The number of halogens is 2. The van der Waals surface area contributed by atoms with Crippen LogP contribution in [0.25, 0.3) is 0 Å². The molecule has 4 nitrogen and oxygen atoms in total. The first-order valence-electron chi connectivity index (χ1n) is 4.82. The van der Waals surface area contributed by atoms with Crippen LogP contribution in [0.4, 0.5) is 5.69 Å². The highest BCUT2D eigenvalue weighted by atomic mass is 35.5. The molecule has 1 atom stereocenters. The van der Waals surface area contributed by atoms with Crippen LogP contribution >= 0.6 is 35.3 Å². The molecule has 7 heteroatoms. The van der Waals surface area contributed by atoms with E-state index >= 15 is 0 Å². The van der Waals surface area contributed by atoms with Crippen LogP contribution in [-0.4, -0.2) is 4.92 Å². The Kier molecular flexibility index (Phi) is 5.10. The monoisotopic (exact) mass is 304 g/mol. The van der Waals surface area contributed by atoms with E-state index in [1.807, 2.05) is 17.5 Å². The van der Waals surface area contributed by atoms with E-state index in [4.69, 9.17) is 17.3 Å². The molecule has 1 aromatic carbocycles. The predicted molar refractivity (Wildman–Crippen MR) is 75.7 cm³/mol. The molecule has 18 heavy (non-hydrogen) atoms. The Bertz CT molecular complexity index is 546. The standard InChI is InChI=1S/C11H9ClN2O2S.ClH/c12-8-4-3-7(6-9(8)14(15)16)11(13)10-2-1-5-17-10;/h1-6,11H,13H2;1H/t11-;/m1./s1. The highest BCUT2D eigenvalue weighted by Gasteiger charge is 2.17. The predicted octanol–water partition coefficient (Wildman–Crippen LogP) is 3.78. The van der Waals surface area contributed by atoms with Crippen molar-refractivity contribution in [3.63, 3.8) is 0 Å². The van der Waals surface area contributed by atoms with Crippen molar-refractivity contribution in [2.24, 2.45) is 5.73 Å². The molecule has 96 valence electrons. The average Bonchev–Trinajstić information content (AvgIpc) is 2.81. The van der Waals surface area contributed by atoms with Crippen LogP contribution in [0.1, 0.15) is 16.5 Å². The second-order valence-electron chi connectivity index (χ2n) is 3.46. The van der Waals surface area contributed by atoms with Gasteiger partial charge in [0.2, 0.25) is 0 Å². The van der Waals surface area contributed by atoms with E-state index in [9.17, 15) is 10.1 Å². The summed E-state index contributed by atoms with van der Waals surface area (Å²) in [5.41, 5.74) is 6.59. The molecule has 0 saturated heterocycles. The van der Waals surface area contributed by atoms with Crippen molar-refractivity contribution in [2.45, 2.75) is 6.04 Å². The Balaban J connectivity index is 0.00000162. The fourth-order valence-electron chi connectivity index (χ4n) is 1.50. The Morgan fingerprint density at radius 3 is 2.67 bits per heavy atom. The Morgan fingerprint density at radius 2 is 2.11 bits per heavy atom. The first kappa shape index (κ1) is 14.9. The first-order chi connectivity index (χ1) is 8.09. The maximum Gasteiger partial charge on any atom is 0.288 e. The number of thiophene rings is 1. The van der Waals surface area contributed by atoms with Crippen molar-refractivity contribution >= 4 is 41.0 Å². The van der Waals surface area contributed by atoms with Crippen molar-refractivity contribution in [3.8, 4) is 0 Å². The van der Waals surface area contributed by atoms with E-state index in [0.717, 1.165) is 4.88 Å². The van der Waals surface area contributed by atoms with Gasteiger partial charge < -0.3 is 5.73 Å². The zero-order chi connectivity index (χ0) is 12.4. The van der Waals surface area contributed by atoms with Crippen LogP contribution in [-0.2, 0) is 0 Å². The van der Waals surface area contributed by atoms with Gasteiger partial charge in [0, 0.05) is 10.9 Å². The second kappa shape index (κ2) is 6.15. The largest absolute Gasteiger partial charge is 0.320 e. The van der Waals surface area contributed by atoms with E-state index in [-0.39, 0.29) is 29.2 Å².